The first-order valence-corrected chi connectivity index (χ1v) is 10.6. The normalized spacial score (nSPS) is 19.4. The predicted octanol–water partition coefficient (Wildman–Crippen LogP) is 3.16. The minimum Gasteiger partial charge on any atom is -0.459 e. The van der Waals surface area contributed by atoms with Gasteiger partial charge in [-0.25, -0.2) is 0 Å². The number of likely N-dealkylation sites (tertiary alicyclic amines) is 1. The second-order valence-electron chi connectivity index (χ2n) is 7.05. The van der Waals surface area contributed by atoms with Gasteiger partial charge < -0.3 is 20.0 Å². The van der Waals surface area contributed by atoms with Crippen LogP contribution in [0.25, 0.3) is 0 Å². The Balaban J connectivity index is 1.27. The van der Waals surface area contributed by atoms with Gasteiger partial charge in [-0.05, 0) is 43.2 Å². The minimum atomic E-state index is -0.482. The number of nitrogens with zero attached hydrogens (tertiary/aromatic N) is 1. The highest BCUT2D eigenvalue weighted by atomic mass is 35.5. The maximum absolute atomic E-state index is 12.5. The summed E-state index contributed by atoms with van der Waals surface area (Å²) in [4.78, 5) is 39.7. The molecule has 1 unspecified atom stereocenters. The average molecular weight is 434 g/mol. The molecule has 1 fully saturated rings. The fraction of sp³-hybridized carbons (Fsp3) is 0.350. The van der Waals surface area contributed by atoms with Gasteiger partial charge in [0, 0.05) is 35.5 Å². The number of rotatable bonds is 4. The zero-order valence-electron chi connectivity index (χ0n) is 15.5. The first-order valence-electron chi connectivity index (χ1n) is 9.39. The van der Waals surface area contributed by atoms with Crippen molar-refractivity contribution < 1.29 is 18.8 Å². The van der Waals surface area contributed by atoms with Crippen LogP contribution < -0.4 is 10.6 Å². The second-order valence-corrected chi connectivity index (χ2v) is 8.73. The van der Waals surface area contributed by atoms with Gasteiger partial charge in [-0.15, -0.1) is 11.8 Å². The third-order valence-corrected chi connectivity index (χ3v) is 6.52. The summed E-state index contributed by atoms with van der Waals surface area (Å²) in [5.41, 5.74) is 0.678. The number of hydrogen-bond acceptors (Lipinski definition) is 5. The van der Waals surface area contributed by atoms with E-state index in [1.807, 2.05) is 6.07 Å². The molecule has 9 heteroatoms. The Morgan fingerprint density at radius 3 is 2.79 bits per heavy atom. The van der Waals surface area contributed by atoms with Gasteiger partial charge in [0.15, 0.2) is 5.76 Å². The van der Waals surface area contributed by atoms with Crippen molar-refractivity contribution in [2.75, 3.05) is 18.4 Å². The lowest BCUT2D eigenvalue weighted by molar-refractivity contribution is -0.124. The maximum Gasteiger partial charge on any atom is 0.289 e. The fourth-order valence-corrected chi connectivity index (χ4v) is 4.76. The summed E-state index contributed by atoms with van der Waals surface area (Å²) in [6.07, 6.45) is 2.92. The van der Waals surface area contributed by atoms with E-state index in [4.69, 9.17) is 16.0 Å². The van der Waals surface area contributed by atoms with E-state index in [-0.39, 0.29) is 30.2 Å². The van der Waals surface area contributed by atoms with E-state index < -0.39 is 5.25 Å². The van der Waals surface area contributed by atoms with Crippen molar-refractivity contribution in [3.63, 3.8) is 0 Å². The van der Waals surface area contributed by atoms with Gasteiger partial charge in [-0.2, -0.15) is 0 Å². The molecule has 4 rings (SSSR count). The average Bonchev–Trinajstić information content (AvgIpc) is 3.23. The van der Waals surface area contributed by atoms with Crippen LogP contribution in [0.4, 0.5) is 5.69 Å². The molecule has 152 valence electrons. The van der Waals surface area contributed by atoms with Gasteiger partial charge in [0.25, 0.3) is 5.91 Å². The summed E-state index contributed by atoms with van der Waals surface area (Å²) in [5.74, 6) is -0.159. The lowest BCUT2D eigenvalue weighted by Gasteiger charge is -2.32. The highest BCUT2D eigenvalue weighted by Crippen LogP contribution is 2.38. The summed E-state index contributed by atoms with van der Waals surface area (Å²) >= 11 is 7.33. The molecule has 2 aromatic rings. The maximum atomic E-state index is 12.5. The van der Waals surface area contributed by atoms with Crippen molar-refractivity contribution in [3.05, 3.63) is 47.4 Å². The summed E-state index contributed by atoms with van der Waals surface area (Å²) in [6.45, 7) is 1.11. The van der Waals surface area contributed by atoms with Crippen LogP contribution in [0, 0.1) is 0 Å². The van der Waals surface area contributed by atoms with E-state index in [1.54, 1.807) is 29.2 Å². The topological polar surface area (TPSA) is 91.7 Å². The summed E-state index contributed by atoms with van der Waals surface area (Å²) in [5, 5.41) is 5.88. The van der Waals surface area contributed by atoms with Gasteiger partial charge in [0.1, 0.15) is 0 Å². The SMILES string of the molecule is O=C(CC1Sc2ccc(Cl)cc2NC1=O)NC1CCN(C(=O)c2ccco2)CC1. The molecule has 3 amide bonds. The number of fused-ring (bicyclic) bond motifs is 1. The minimum absolute atomic E-state index is 0.00843. The Bertz CT molecular complexity index is 926. The smallest absolute Gasteiger partial charge is 0.289 e. The lowest BCUT2D eigenvalue weighted by Crippen LogP contribution is -2.47. The molecule has 29 heavy (non-hydrogen) atoms. The molecule has 0 bridgehead atoms. The number of anilines is 1. The van der Waals surface area contributed by atoms with Crippen LogP contribution in [0.1, 0.15) is 29.8 Å². The van der Waals surface area contributed by atoms with Crippen molar-refractivity contribution in [1.82, 2.24) is 10.2 Å². The molecule has 1 atom stereocenters. The number of benzene rings is 1. The molecule has 7 nitrogen and oxygen atoms in total. The molecule has 1 aromatic carbocycles. The van der Waals surface area contributed by atoms with E-state index in [2.05, 4.69) is 10.6 Å². The number of amides is 3. The second kappa shape index (κ2) is 8.51. The number of halogens is 1. The summed E-state index contributed by atoms with van der Waals surface area (Å²) < 4.78 is 5.16. The zero-order valence-corrected chi connectivity index (χ0v) is 17.1. The number of hydrogen-bond donors (Lipinski definition) is 2. The number of piperidine rings is 1. The van der Waals surface area contributed by atoms with Crippen molar-refractivity contribution >= 4 is 46.8 Å². The summed E-state index contributed by atoms with van der Waals surface area (Å²) in [7, 11) is 0. The number of carbonyl (C=O) groups is 3. The van der Waals surface area contributed by atoms with E-state index in [1.165, 1.54) is 18.0 Å². The Morgan fingerprint density at radius 1 is 1.28 bits per heavy atom. The molecule has 0 aliphatic carbocycles. The molecule has 3 heterocycles. The van der Waals surface area contributed by atoms with Gasteiger partial charge in [-0.3, -0.25) is 14.4 Å². The third-order valence-electron chi connectivity index (χ3n) is 5.01. The van der Waals surface area contributed by atoms with Crippen molar-refractivity contribution in [1.29, 1.82) is 0 Å². The summed E-state index contributed by atoms with van der Waals surface area (Å²) in [6, 6.07) is 8.64. The molecule has 1 aromatic heterocycles. The molecular weight excluding hydrogens is 414 g/mol. The molecule has 2 N–H and O–H groups in total. The molecular formula is C20H20ClN3O4S. The Labute approximate surface area is 177 Å². The fourth-order valence-electron chi connectivity index (χ4n) is 3.50. The van der Waals surface area contributed by atoms with E-state index in [9.17, 15) is 14.4 Å². The van der Waals surface area contributed by atoms with Crippen LogP contribution in [0.5, 0.6) is 0 Å². The van der Waals surface area contributed by atoms with Crippen molar-refractivity contribution in [2.24, 2.45) is 0 Å². The first-order chi connectivity index (χ1) is 14.0. The lowest BCUT2D eigenvalue weighted by atomic mass is 10.0. The largest absolute Gasteiger partial charge is 0.459 e. The van der Waals surface area contributed by atoms with E-state index >= 15 is 0 Å². The standard InChI is InChI=1S/C20H20ClN3O4S/c21-12-3-4-16-14(10-12)23-19(26)17(29-16)11-18(25)22-13-5-7-24(8-6-13)20(27)15-2-1-9-28-15/h1-4,9-10,13,17H,5-8,11H2,(H,22,25)(H,23,26). The molecule has 0 saturated carbocycles. The molecule has 0 radical (unpaired) electrons. The van der Waals surface area contributed by atoms with Crippen LogP contribution >= 0.6 is 23.4 Å². The van der Waals surface area contributed by atoms with Crippen molar-refractivity contribution in [3.8, 4) is 0 Å². The van der Waals surface area contributed by atoms with Gasteiger partial charge in [0.05, 0.1) is 17.2 Å². The first kappa shape index (κ1) is 19.8. The monoisotopic (exact) mass is 433 g/mol. The number of furan rings is 1. The molecule has 2 aliphatic heterocycles. The quantitative estimate of drug-likeness (QED) is 0.772. The van der Waals surface area contributed by atoms with Crippen LogP contribution in [-0.4, -0.2) is 47.0 Å². The number of carbonyl (C=O) groups excluding carboxylic acids is 3. The van der Waals surface area contributed by atoms with Crippen LogP contribution in [0.3, 0.4) is 0 Å². The van der Waals surface area contributed by atoms with Crippen LogP contribution in [-0.2, 0) is 9.59 Å². The van der Waals surface area contributed by atoms with Crippen LogP contribution in [0.15, 0.2) is 45.9 Å². The number of thioether (sulfide) groups is 1. The molecule has 2 aliphatic rings. The predicted molar refractivity (Wildman–Crippen MR) is 110 cm³/mol. The zero-order chi connectivity index (χ0) is 20.4. The number of nitrogens with one attached hydrogen (secondary N) is 2. The van der Waals surface area contributed by atoms with E-state index in [0.29, 0.717) is 42.4 Å². The molecule has 1 saturated heterocycles. The Hall–Kier alpha value is -2.45. The van der Waals surface area contributed by atoms with E-state index in [0.717, 1.165) is 4.90 Å². The van der Waals surface area contributed by atoms with Crippen molar-refractivity contribution in [2.45, 2.75) is 35.4 Å². The van der Waals surface area contributed by atoms with Gasteiger partial charge in [0.2, 0.25) is 11.8 Å². The van der Waals surface area contributed by atoms with Gasteiger partial charge in [-0.1, -0.05) is 11.6 Å². The highest BCUT2D eigenvalue weighted by Gasteiger charge is 2.31. The van der Waals surface area contributed by atoms with Crippen LogP contribution in [0.2, 0.25) is 5.02 Å². The highest BCUT2D eigenvalue weighted by molar-refractivity contribution is 8.01. The van der Waals surface area contributed by atoms with Gasteiger partial charge >= 0.3 is 0 Å². The third kappa shape index (κ3) is 4.59. The Kier molecular flexibility index (Phi) is 5.82. The Morgan fingerprint density at radius 2 is 2.07 bits per heavy atom. The molecule has 0 spiro atoms.